The van der Waals surface area contributed by atoms with E-state index in [1.54, 1.807) is 0 Å². The summed E-state index contributed by atoms with van der Waals surface area (Å²) < 4.78 is 45.2. The number of nitrogens with zero attached hydrogens (tertiary/aromatic N) is 6. The van der Waals surface area contributed by atoms with Crippen LogP contribution in [0.4, 0.5) is 26.5 Å². The van der Waals surface area contributed by atoms with E-state index >= 15 is 0 Å². The number of aromatic nitrogens is 4. The van der Waals surface area contributed by atoms with Gasteiger partial charge in [0.1, 0.15) is 5.82 Å². The molecule has 34 heavy (non-hydrogen) atoms. The van der Waals surface area contributed by atoms with Crippen LogP contribution in [0.3, 0.4) is 0 Å². The molecule has 1 spiro atoms. The number of anilines is 3. The Morgan fingerprint density at radius 3 is 2.21 bits per heavy atom. The summed E-state index contributed by atoms with van der Waals surface area (Å²) in [4.78, 5) is 22.6. The van der Waals surface area contributed by atoms with Gasteiger partial charge in [-0.25, -0.2) is 13.8 Å². The van der Waals surface area contributed by atoms with Gasteiger partial charge in [0.05, 0.1) is 69.2 Å². The van der Waals surface area contributed by atoms with Gasteiger partial charge in [-0.3, -0.25) is 0 Å². The monoisotopic (exact) mass is 473 g/mol. The molecule has 0 saturated carbocycles. The smallest absolute Gasteiger partial charge is 0.264 e. The second-order valence-corrected chi connectivity index (χ2v) is 9.79. The molecule has 5 fully saturated rings. The summed E-state index contributed by atoms with van der Waals surface area (Å²) in [6.07, 6.45) is 0.538. The van der Waals surface area contributed by atoms with E-state index in [1.807, 2.05) is 0 Å². The molecule has 4 atom stereocenters. The largest absolute Gasteiger partial charge is 0.384 e. The molecule has 2 N–H and O–H groups in total. The highest BCUT2D eigenvalue weighted by Crippen LogP contribution is 2.53. The van der Waals surface area contributed by atoms with Crippen LogP contribution in [0, 0.1) is 5.41 Å². The number of hydrogen-bond donors (Lipinski definition) is 1. The molecule has 10 nitrogen and oxygen atoms in total. The van der Waals surface area contributed by atoms with Crippen LogP contribution in [0.2, 0.25) is 0 Å². The van der Waals surface area contributed by atoms with E-state index < -0.39 is 6.43 Å². The number of nitrogens with two attached hydrogens (primary N) is 1. The van der Waals surface area contributed by atoms with E-state index in [9.17, 15) is 8.78 Å². The highest BCUT2D eigenvalue weighted by atomic mass is 19.3. The lowest BCUT2D eigenvalue weighted by Crippen LogP contribution is -2.71. The third-order valence-electron chi connectivity index (χ3n) is 8.04. The molecule has 5 aliphatic heterocycles. The first-order valence-electron chi connectivity index (χ1n) is 11.6. The van der Waals surface area contributed by atoms with E-state index in [2.05, 4.69) is 14.8 Å². The lowest BCUT2D eigenvalue weighted by molar-refractivity contribution is 0.0895. The Labute approximate surface area is 194 Å². The fourth-order valence-electron chi connectivity index (χ4n) is 6.35. The summed E-state index contributed by atoms with van der Waals surface area (Å²) in [5.41, 5.74) is 5.57. The Balaban J connectivity index is 1.37. The summed E-state index contributed by atoms with van der Waals surface area (Å²) in [5.74, 6) is 1.15. The van der Waals surface area contributed by atoms with Gasteiger partial charge < -0.3 is 29.7 Å². The van der Waals surface area contributed by atoms with Crippen LogP contribution in [0.15, 0.2) is 12.3 Å². The minimum absolute atomic E-state index is 0.0264. The van der Waals surface area contributed by atoms with Gasteiger partial charge in [-0.1, -0.05) is 0 Å². The Morgan fingerprint density at radius 1 is 0.912 bits per heavy atom. The topological polar surface area (TPSA) is 112 Å². The van der Waals surface area contributed by atoms with Gasteiger partial charge in [0, 0.05) is 17.3 Å². The molecule has 180 valence electrons. The maximum absolute atomic E-state index is 13.9. The van der Waals surface area contributed by atoms with Crippen LogP contribution in [-0.2, 0) is 14.2 Å². The second kappa shape index (κ2) is 7.40. The van der Waals surface area contributed by atoms with Crippen LogP contribution in [0.5, 0.6) is 0 Å². The molecule has 7 rings (SSSR count). The molecule has 0 aromatic carbocycles. The van der Waals surface area contributed by atoms with Crippen molar-refractivity contribution in [1.82, 2.24) is 19.9 Å². The standard InChI is InChI=1S/C22H25F2N7O3/c23-18(24)13-3-17(25)26-4-14(13)19-27-20(30-11-1-2-12(30)6-32-5-11)29-21(28-19)31-15-7-33-9-22(15)10-34-8-16(22)31/h3-4,11-12,15-16,18H,1-2,5-10H2,(H2,25,26). The average molecular weight is 473 g/mol. The second-order valence-electron chi connectivity index (χ2n) is 9.79. The molecule has 5 saturated heterocycles. The highest BCUT2D eigenvalue weighted by Gasteiger charge is 2.67. The van der Waals surface area contributed by atoms with Crippen molar-refractivity contribution in [3.8, 4) is 11.4 Å². The first-order valence-corrected chi connectivity index (χ1v) is 11.6. The number of halogens is 2. The summed E-state index contributed by atoms with van der Waals surface area (Å²) in [6.45, 7) is 3.61. The van der Waals surface area contributed by atoms with Crippen LogP contribution >= 0.6 is 0 Å². The first-order chi connectivity index (χ1) is 16.5. The predicted octanol–water partition coefficient (Wildman–Crippen LogP) is 1.42. The maximum Gasteiger partial charge on any atom is 0.264 e. The molecule has 2 aromatic heterocycles. The molecule has 7 heterocycles. The summed E-state index contributed by atoms with van der Waals surface area (Å²) in [7, 11) is 0. The number of fused-ring (bicyclic) bond motifs is 2. The Morgan fingerprint density at radius 2 is 1.56 bits per heavy atom. The zero-order chi connectivity index (χ0) is 23.0. The predicted molar refractivity (Wildman–Crippen MR) is 117 cm³/mol. The SMILES string of the molecule is Nc1cc(C(F)F)c(-c2nc(N3C4CCC3COC4)nc(N3C4COCC45COCC35)n2)cn1. The number of ether oxygens (including phenoxy) is 3. The van der Waals surface area contributed by atoms with Crippen molar-refractivity contribution in [1.29, 1.82) is 0 Å². The van der Waals surface area contributed by atoms with Crippen molar-refractivity contribution in [3.63, 3.8) is 0 Å². The van der Waals surface area contributed by atoms with Crippen LogP contribution in [0.25, 0.3) is 11.4 Å². The van der Waals surface area contributed by atoms with E-state index in [0.29, 0.717) is 51.5 Å². The number of pyridine rings is 1. The third kappa shape index (κ3) is 2.82. The van der Waals surface area contributed by atoms with E-state index in [-0.39, 0.29) is 52.4 Å². The van der Waals surface area contributed by atoms with Crippen molar-refractivity contribution < 1.29 is 23.0 Å². The van der Waals surface area contributed by atoms with Crippen molar-refractivity contribution in [2.75, 3.05) is 55.2 Å². The number of alkyl halides is 2. The number of nitrogen functional groups attached to an aromatic ring is 1. The molecule has 5 aliphatic rings. The normalized spacial score (nSPS) is 33.9. The molecule has 0 amide bonds. The minimum atomic E-state index is -2.74. The van der Waals surface area contributed by atoms with Crippen molar-refractivity contribution in [2.24, 2.45) is 5.41 Å². The molecule has 4 unspecified atom stereocenters. The van der Waals surface area contributed by atoms with Gasteiger partial charge in [-0.05, 0) is 18.9 Å². The Kier molecular flexibility index (Phi) is 4.49. The number of hydrogen-bond acceptors (Lipinski definition) is 10. The number of rotatable bonds is 4. The molecule has 12 heteroatoms. The van der Waals surface area contributed by atoms with Crippen molar-refractivity contribution in [2.45, 2.75) is 43.4 Å². The Bertz CT molecular complexity index is 1100. The molecular weight excluding hydrogens is 448 g/mol. The summed E-state index contributed by atoms with van der Waals surface area (Å²) in [6, 6.07) is 1.67. The fraction of sp³-hybridized carbons (Fsp3) is 0.636. The quantitative estimate of drug-likeness (QED) is 0.700. The van der Waals surface area contributed by atoms with E-state index in [0.717, 1.165) is 12.8 Å². The van der Waals surface area contributed by atoms with E-state index in [1.165, 1.54) is 12.3 Å². The maximum atomic E-state index is 13.9. The zero-order valence-electron chi connectivity index (χ0n) is 18.4. The summed E-state index contributed by atoms with van der Waals surface area (Å²) >= 11 is 0. The van der Waals surface area contributed by atoms with Gasteiger partial charge in [-0.2, -0.15) is 15.0 Å². The molecule has 2 bridgehead atoms. The third-order valence-corrected chi connectivity index (χ3v) is 8.04. The van der Waals surface area contributed by atoms with Gasteiger partial charge in [0.15, 0.2) is 5.82 Å². The van der Waals surface area contributed by atoms with Crippen LogP contribution in [0.1, 0.15) is 24.8 Å². The average Bonchev–Trinajstić information content (AvgIpc) is 3.45. The molecule has 2 aromatic rings. The van der Waals surface area contributed by atoms with Crippen LogP contribution in [-0.4, -0.2) is 83.7 Å². The number of morpholine rings is 1. The summed E-state index contributed by atoms with van der Waals surface area (Å²) in [5, 5.41) is 0. The minimum Gasteiger partial charge on any atom is -0.384 e. The van der Waals surface area contributed by atoms with E-state index in [4.69, 9.17) is 34.9 Å². The first kappa shape index (κ1) is 20.7. The fourth-order valence-corrected chi connectivity index (χ4v) is 6.35. The van der Waals surface area contributed by atoms with Crippen LogP contribution < -0.4 is 15.5 Å². The van der Waals surface area contributed by atoms with Crippen molar-refractivity contribution >= 4 is 17.7 Å². The highest BCUT2D eigenvalue weighted by molar-refractivity contribution is 5.65. The van der Waals surface area contributed by atoms with Gasteiger partial charge in [0.2, 0.25) is 11.9 Å². The van der Waals surface area contributed by atoms with Gasteiger partial charge >= 0.3 is 0 Å². The molecule has 0 aliphatic carbocycles. The lowest BCUT2D eigenvalue weighted by Gasteiger charge is -2.55. The van der Waals surface area contributed by atoms with Gasteiger partial charge in [0.25, 0.3) is 6.43 Å². The lowest BCUT2D eigenvalue weighted by atomic mass is 9.69. The zero-order valence-corrected chi connectivity index (χ0v) is 18.4. The van der Waals surface area contributed by atoms with Gasteiger partial charge in [-0.15, -0.1) is 0 Å². The van der Waals surface area contributed by atoms with Crippen molar-refractivity contribution in [3.05, 3.63) is 17.8 Å². The molecule has 0 radical (unpaired) electrons. The molecular formula is C22H25F2N7O3. The Hall–Kier alpha value is -2.70.